The number of nitrogens with zero attached hydrogens (tertiary/aromatic N) is 2. The maximum atomic E-state index is 12.2. The van der Waals surface area contributed by atoms with Crippen LogP contribution in [0.4, 0.5) is 11.4 Å². The Bertz CT molecular complexity index is 1000. The minimum absolute atomic E-state index is 0. The van der Waals surface area contributed by atoms with Crippen molar-refractivity contribution in [3.8, 4) is 23.0 Å². The average Bonchev–Trinajstić information content (AvgIpc) is 2.84. The van der Waals surface area contributed by atoms with Crippen molar-refractivity contribution in [3.63, 3.8) is 0 Å². The summed E-state index contributed by atoms with van der Waals surface area (Å²) in [6.45, 7) is 0. The molecule has 6 nitrogen and oxygen atoms in total. The van der Waals surface area contributed by atoms with Crippen LogP contribution in [0.15, 0.2) is 70.6 Å². The van der Waals surface area contributed by atoms with Crippen LogP contribution in [0, 0.1) is 0 Å². The number of methoxy groups -OCH3 is 2. The standard InChI is InChI=1S/C22H20N2O4.2CH2Cl2.Co/c1-27-19-11-5-7-15(21(19)25)13-23-17-9-3-4-10-18(17)24-14-16-8-6-12-20(28-2)22(16)26;2*2-1-3;/h3-14,25-26H,1-2H3;2*1H2;/q;;;+2/p-2. The van der Waals surface area contributed by atoms with Gasteiger partial charge in [0, 0.05) is 12.4 Å². The molecule has 0 aliphatic rings. The Morgan fingerprint density at radius 1 is 0.657 bits per heavy atom. The Kier molecular flexibility index (Phi) is 17.9. The van der Waals surface area contributed by atoms with Gasteiger partial charge >= 0.3 is 16.8 Å². The van der Waals surface area contributed by atoms with E-state index in [1.165, 1.54) is 26.6 Å². The summed E-state index contributed by atoms with van der Waals surface area (Å²) in [5, 5.41) is 24.8. The summed E-state index contributed by atoms with van der Waals surface area (Å²) >= 11 is 19.1. The predicted octanol–water partition coefficient (Wildman–Crippen LogP) is 6.19. The summed E-state index contributed by atoms with van der Waals surface area (Å²) in [4.78, 5) is 8.77. The van der Waals surface area contributed by atoms with Gasteiger partial charge in [0.25, 0.3) is 0 Å². The molecule has 0 amide bonds. The first-order chi connectivity index (χ1) is 16.5. The second-order valence-electron chi connectivity index (χ2n) is 5.96. The average molecular weight is 603 g/mol. The van der Waals surface area contributed by atoms with E-state index >= 15 is 0 Å². The third-order valence-corrected chi connectivity index (χ3v) is 4.03. The van der Waals surface area contributed by atoms with Crippen molar-refractivity contribution in [2.45, 2.75) is 0 Å². The van der Waals surface area contributed by atoms with Crippen molar-refractivity contribution in [2.75, 3.05) is 24.9 Å². The van der Waals surface area contributed by atoms with Gasteiger partial charge in [-0.05, 0) is 35.4 Å². The molecule has 0 saturated carbocycles. The molecule has 0 spiro atoms. The number of hydrogen-bond donors (Lipinski definition) is 0. The van der Waals surface area contributed by atoms with Crippen molar-refractivity contribution in [3.05, 3.63) is 71.8 Å². The van der Waals surface area contributed by atoms with Gasteiger partial charge in [0.15, 0.2) is 0 Å². The Labute approximate surface area is 235 Å². The fourth-order valence-electron chi connectivity index (χ4n) is 2.55. The Morgan fingerprint density at radius 2 is 1.00 bits per heavy atom. The van der Waals surface area contributed by atoms with E-state index in [0.717, 1.165) is 0 Å². The van der Waals surface area contributed by atoms with Crippen molar-refractivity contribution >= 4 is 70.2 Å². The van der Waals surface area contributed by atoms with Gasteiger partial charge in [0.1, 0.15) is 11.5 Å². The number of hydrogen-bond acceptors (Lipinski definition) is 6. The molecule has 3 aromatic rings. The molecule has 0 aromatic heterocycles. The zero-order valence-electron chi connectivity index (χ0n) is 18.7. The van der Waals surface area contributed by atoms with Gasteiger partial charge in [-0.25, -0.2) is 0 Å². The smallest absolute Gasteiger partial charge is 0.870 e. The second-order valence-corrected chi connectivity index (χ2v) is 7.58. The summed E-state index contributed by atoms with van der Waals surface area (Å²) in [6, 6.07) is 17.2. The largest absolute Gasteiger partial charge is 2.00 e. The molecule has 35 heavy (non-hydrogen) atoms. The van der Waals surface area contributed by atoms with Crippen LogP contribution in [0.1, 0.15) is 11.1 Å². The Morgan fingerprint density at radius 3 is 1.31 bits per heavy atom. The molecular formula is C24H22Cl4CoN2O4. The summed E-state index contributed by atoms with van der Waals surface area (Å²) in [5.74, 6) is 0.0525. The van der Waals surface area contributed by atoms with Gasteiger partial charge in [-0.3, -0.25) is 9.98 Å². The minimum atomic E-state index is -0.234. The van der Waals surface area contributed by atoms with Crippen molar-refractivity contribution in [1.82, 2.24) is 0 Å². The zero-order chi connectivity index (χ0) is 25.3. The van der Waals surface area contributed by atoms with E-state index in [0.29, 0.717) is 22.5 Å². The third-order valence-electron chi connectivity index (χ3n) is 4.03. The molecule has 189 valence electrons. The molecular weight excluding hydrogens is 581 g/mol. The molecule has 11 heteroatoms. The quantitative estimate of drug-likeness (QED) is 0.248. The number of aliphatic imine (C=N–C) groups is 2. The molecule has 0 aliphatic carbocycles. The molecule has 0 fully saturated rings. The molecule has 3 aromatic carbocycles. The van der Waals surface area contributed by atoms with Gasteiger partial charge < -0.3 is 19.7 Å². The van der Waals surface area contributed by atoms with Crippen LogP contribution >= 0.6 is 46.4 Å². The topological polar surface area (TPSA) is 89.3 Å². The summed E-state index contributed by atoms with van der Waals surface area (Å²) in [5.41, 5.74) is 1.95. The fraction of sp³-hybridized carbons (Fsp3) is 0.167. The zero-order valence-corrected chi connectivity index (χ0v) is 22.8. The molecule has 1 radical (unpaired) electrons. The number of ether oxygens (including phenoxy) is 2. The number of para-hydroxylation sites is 4. The molecule has 0 aliphatic heterocycles. The van der Waals surface area contributed by atoms with Crippen LogP contribution in [0.3, 0.4) is 0 Å². The van der Waals surface area contributed by atoms with Gasteiger partial charge in [-0.15, -0.1) is 46.4 Å². The third kappa shape index (κ3) is 11.0. The van der Waals surface area contributed by atoms with Crippen molar-refractivity contribution in [2.24, 2.45) is 9.98 Å². The molecule has 0 bridgehead atoms. The Balaban J connectivity index is 0.00000150. The molecule has 3 rings (SSSR count). The number of benzene rings is 3. The normalized spacial score (nSPS) is 10.0. The van der Waals surface area contributed by atoms with Crippen LogP contribution in [-0.4, -0.2) is 37.3 Å². The fourth-order valence-corrected chi connectivity index (χ4v) is 2.55. The van der Waals surface area contributed by atoms with E-state index in [9.17, 15) is 10.2 Å². The number of halogens is 4. The van der Waals surface area contributed by atoms with Crippen molar-refractivity contribution < 1.29 is 36.5 Å². The van der Waals surface area contributed by atoms with E-state index in [1.54, 1.807) is 48.5 Å². The number of alkyl halides is 4. The maximum absolute atomic E-state index is 12.2. The van der Waals surface area contributed by atoms with E-state index in [-0.39, 0.29) is 50.5 Å². The number of rotatable bonds is 6. The summed E-state index contributed by atoms with van der Waals surface area (Å²) < 4.78 is 10.1. The first-order valence-electron chi connectivity index (χ1n) is 9.56. The SMILES string of the molecule is COc1cccc(C=Nc2ccccc2N=Cc2cccc(OC)c2[O-])c1[O-].ClCCl.ClCCl.[Co+2]. The van der Waals surface area contributed by atoms with Gasteiger partial charge in [0.05, 0.1) is 36.3 Å². The first kappa shape index (κ1) is 32.9. The van der Waals surface area contributed by atoms with E-state index in [1.807, 2.05) is 12.1 Å². The summed E-state index contributed by atoms with van der Waals surface area (Å²) in [6.07, 6.45) is 2.95. The van der Waals surface area contributed by atoms with Crippen LogP contribution in [0.5, 0.6) is 23.0 Å². The van der Waals surface area contributed by atoms with Crippen LogP contribution in [0.2, 0.25) is 0 Å². The van der Waals surface area contributed by atoms with Crippen LogP contribution in [-0.2, 0) is 16.8 Å². The minimum Gasteiger partial charge on any atom is -0.870 e. The van der Waals surface area contributed by atoms with E-state index < -0.39 is 0 Å². The van der Waals surface area contributed by atoms with Crippen LogP contribution < -0.4 is 19.7 Å². The monoisotopic (exact) mass is 601 g/mol. The van der Waals surface area contributed by atoms with Gasteiger partial charge in [-0.1, -0.05) is 47.9 Å². The predicted molar refractivity (Wildman–Crippen MR) is 139 cm³/mol. The molecule has 0 atom stereocenters. The molecule has 0 heterocycles. The summed E-state index contributed by atoms with van der Waals surface area (Å²) in [7, 11) is 2.90. The molecule has 0 N–H and O–H groups in total. The van der Waals surface area contributed by atoms with Crippen molar-refractivity contribution in [1.29, 1.82) is 0 Å². The van der Waals surface area contributed by atoms with Crippen LogP contribution in [0.25, 0.3) is 0 Å². The van der Waals surface area contributed by atoms with Gasteiger partial charge in [0.2, 0.25) is 0 Å². The molecule has 0 unspecified atom stereocenters. The van der Waals surface area contributed by atoms with E-state index in [4.69, 9.17) is 55.9 Å². The van der Waals surface area contributed by atoms with E-state index in [2.05, 4.69) is 9.98 Å². The second kappa shape index (κ2) is 19.1. The maximum Gasteiger partial charge on any atom is 2.00 e. The molecule has 0 saturated heterocycles. The first-order valence-corrected chi connectivity index (χ1v) is 11.7. The Hall–Kier alpha value is -2.13. The van der Waals surface area contributed by atoms with Gasteiger partial charge in [-0.2, -0.15) is 0 Å².